The molecule has 2 heterocycles. The van der Waals surface area contributed by atoms with Crippen LogP contribution >= 0.6 is 11.3 Å². The van der Waals surface area contributed by atoms with Crippen molar-refractivity contribution in [3.05, 3.63) is 64.5 Å². The summed E-state index contributed by atoms with van der Waals surface area (Å²) in [4.78, 5) is 5.04. The number of nitrogens with zero attached hydrogens (tertiary/aromatic N) is 1. The highest BCUT2D eigenvalue weighted by molar-refractivity contribution is 7.89. The first-order chi connectivity index (χ1) is 10.9. The van der Waals surface area contributed by atoms with E-state index in [1.807, 2.05) is 49.6 Å². The molecule has 6 heteroatoms. The summed E-state index contributed by atoms with van der Waals surface area (Å²) < 4.78 is 30.4. The van der Waals surface area contributed by atoms with Crippen LogP contribution in [0.1, 0.15) is 22.6 Å². The van der Waals surface area contributed by atoms with E-state index >= 15 is 0 Å². The molecule has 0 aliphatic rings. The minimum absolute atomic E-state index is 0.00275. The Balaban J connectivity index is 1.77. The van der Waals surface area contributed by atoms with E-state index < -0.39 is 9.84 Å². The van der Waals surface area contributed by atoms with Crippen LogP contribution in [0.5, 0.6) is 0 Å². The zero-order chi connectivity index (χ0) is 16.4. The lowest BCUT2D eigenvalue weighted by molar-refractivity contribution is 0.520. The van der Waals surface area contributed by atoms with Crippen molar-refractivity contribution < 1.29 is 12.8 Å². The van der Waals surface area contributed by atoms with Crippen molar-refractivity contribution in [1.82, 2.24) is 4.98 Å². The Bertz CT molecular complexity index is 909. The maximum absolute atomic E-state index is 12.4. The molecular weight excluding hydrogens is 330 g/mol. The summed E-state index contributed by atoms with van der Waals surface area (Å²) in [6, 6.07) is 9.67. The van der Waals surface area contributed by atoms with Gasteiger partial charge in [0.1, 0.15) is 5.75 Å². The predicted octanol–water partition coefficient (Wildman–Crippen LogP) is 4.13. The van der Waals surface area contributed by atoms with Crippen molar-refractivity contribution in [2.24, 2.45) is 0 Å². The fraction of sp³-hybridized carbons (Fsp3) is 0.235. The second-order valence-electron chi connectivity index (χ2n) is 5.56. The van der Waals surface area contributed by atoms with Crippen molar-refractivity contribution in [2.45, 2.75) is 25.4 Å². The zero-order valence-corrected chi connectivity index (χ0v) is 14.6. The van der Waals surface area contributed by atoms with Crippen molar-refractivity contribution >= 4 is 21.2 Å². The molecule has 3 aromatic rings. The first-order valence-electron chi connectivity index (χ1n) is 7.18. The van der Waals surface area contributed by atoms with Gasteiger partial charge in [-0.25, -0.2) is 13.4 Å². The number of sulfone groups is 1. The van der Waals surface area contributed by atoms with Crippen LogP contribution in [0.3, 0.4) is 0 Å². The van der Waals surface area contributed by atoms with Crippen LogP contribution in [0, 0.1) is 13.8 Å². The molecule has 0 aliphatic carbocycles. The van der Waals surface area contributed by atoms with Crippen LogP contribution in [-0.2, 0) is 21.3 Å². The standard InChI is InChI=1S/C17H17NO3S2/c1-12-5-6-13(2)14(8-12)10-23(19,20)11-17-18-9-15(21-17)16-4-3-7-22-16/h3-9H,10-11H2,1-2H3. The summed E-state index contributed by atoms with van der Waals surface area (Å²) in [5.74, 6) is 0.652. The third-order valence-electron chi connectivity index (χ3n) is 3.54. The van der Waals surface area contributed by atoms with Gasteiger partial charge in [-0.15, -0.1) is 11.3 Å². The number of oxazole rings is 1. The lowest BCUT2D eigenvalue weighted by atomic mass is 10.1. The van der Waals surface area contributed by atoms with Crippen LogP contribution in [0.2, 0.25) is 0 Å². The highest BCUT2D eigenvalue weighted by Crippen LogP contribution is 2.26. The molecule has 0 saturated carbocycles. The van der Waals surface area contributed by atoms with Gasteiger partial charge in [0.25, 0.3) is 0 Å². The minimum atomic E-state index is -3.34. The zero-order valence-electron chi connectivity index (χ0n) is 12.9. The van der Waals surface area contributed by atoms with Crippen molar-refractivity contribution in [3.8, 4) is 10.6 Å². The van der Waals surface area contributed by atoms with E-state index in [9.17, 15) is 8.42 Å². The Morgan fingerprint density at radius 1 is 1.17 bits per heavy atom. The molecule has 0 saturated heterocycles. The highest BCUT2D eigenvalue weighted by atomic mass is 32.2. The molecule has 23 heavy (non-hydrogen) atoms. The Morgan fingerprint density at radius 3 is 2.74 bits per heavy atom. The predicted molar refractivity (Wildman–Crippen MR) is 92.1 cm³/mol. The van der Waals surface area contributed by atoms with Gasteiger partial charge in [-0.05, 0) is 36.4 Å². The average molecular weight is 347 g/mol. The topological polar surface area (TPSA) is 60.2 Å². The van der Waals surface area contributed by atoms with Crippen molar-refractivity contribution in [1.29, 1.82) is 0 Å². The summed E-state index contributed by atoms with van der Waals surface area (Å²) >= 11 is 1.53. The maximum atomic E-state index is 12.4. The van der Waals surface area contributed by atoms with E-state index in [2.05, 4.69) is 4.98 Å². The number of rotatable bonds is 5. The molecule has 2 aromatic heterocycles. The molecule has 0 fully saturated rings. The summed E-state index contributed by atoms with van der Waals surface area (Å²) in [5.41, 5.74) is 2.86. The number of benzene rings is 1. The normalized spacial score (nSPS) is 11.7. The van der Waals surface area contributed by atoms with E-state index in [0.29, 0.717) is 5.76 Å². The lowest BCUT2D eigenvalue weighted by Gasteiger charge is -2.07. The number of aryl methyl sites for hydroxylation is 2. The van der Waals surface area contributed by atoms with Gasteiger partial charge in [-0.3, -0.25) is 0 Å². The summed E-state index contributed by atoms with van der Waals surface area (Å²) in [6.45, 7) is 3.88. The van der Waals surface area contributed by atoms with Crippen LogP contribution in [0.15, 0.2) is 46.3 Å². The molecule has 0 atom stereocenters. The Kier molecular flexibility index (Phi) is 4.37. The molecule has 4 nitrogen and oxygen atoms in total. The summed E-state index contributed by atoms with van der Waals surface area (Å²) in [6.07, 6.45) is 1.58. The molecule has 0 spiro atoms. The molecule has 1 aromatic carbocycles. The molecule has 3 rings (SSSR count). The van der Waals surface area contributed by atoms with E-state index in [-0.39, 0.29) is 17.4 Å². The second kappa shape index (κ2) is 6.29. The van der Waals surface area contributed by atoms with Crippen LogP contribution in [0.4, 0.5) is 0 Å². The van der Waals surface area contributed by atoms with Crippen molar-refractivity contribution in [3.63, 3.8) is 0 Å². The maximum Gasteiger partial charge on any atom is 0.210 e. The highest BCUT2D eigenvalue weighted by Gasteiger charge is 2.18. The number of hydrogen-bond acceptors (Lipinski definition) is 5. The Morgan fingerprint density at radius 2 is 2.00 bits per heavy atom. The molecule has 120 valence electrons. The molecule has 0 unspecified atom stereocenters. The van der Waals surface area contributed by atoms with Crippen LogP contribution < -0.4 is 0 Å². The number of hydrogen-bond donors (Lipinski definition) is 0. The first-order valence-corrected chi connectivity index (χ1v) is 9.88. The van der Waals surface area contributed by atoms with E-state index in [1.165, 1.54) is 11.3 Å². The SMILES string of the molecule is Cc1ccc(C)c(CS(=O)(=O)Cc2ncc(-c3cccs3)o2)c1. The van der Waals surface area contributed by atoms with Crippen molar-refractivity contribution in [2.75, 3.05) is 0 Å². The summed E-state index contributed by atoms with van der Waals surface area (Å²) in [7, 11) is -3.34. The first kappa shape index (κ1) is 16.0. The quantitative estimate of drug-likeness (QED) is 0.696. The van der Waals surface area contributed by atoms with Gasteiger partial charge in [0, 0.05) is 0 Å². The number of aromatic nitrogens is 1. The second-order valence-corrected chi connectivity index (χ2v) is 8.57. The number of thiophene rings is 1. The lowest BCUT2D eigenvalue weighted by Crippen LogP contribution is -2.09. The fourth-order valence-corrected chi connectivity index (χ4v) is 4.41. The molecule has 0 bridgehead atoms. The van der Waals surface area contributed by atoms with Gasteiger partial charge < -0.3 is 4.42 Å². The third-order valence-corrected chi connectivity index (χ3v) is 5.86. The summed E-state index contributed by atoms with van der Waals surface area (Å²) in [5, 5.41) is 1.94. The van der Waals surface area contributed by atoms with Gasteiger partial charge in [0.2, 0.25) is 5.89 Å². The van der Waals surface area contributed by atoms with E-state index in [0.717, 1.165) is 21.6 Å². The third kappa shape index (κ3) is 3.89. The average Bonchev–Trinajstić information content (AvgIpc) is 3.12. The molecule has 0 radical (unpaired) electrons. The monoisotopic (exact) mass is 347 g/mol. The fourth-order valence-electron chi connectivity index (χ4n) is 2.34. The van der Waals surface area contributed by atoms with Crippen LogP contribution in [-0.4, -0.2) is 13.4 Å². The molecule has 0 aliphatic heterocycles. The van der Waals surface area contributed by atoms with Gasteiger partial charge in [-0.2, -0.15) is 0 Å². The Labute approximate surface area is 139 Å². The molecular formula is C17H17NO3S2. The van der Waals surface area contributed by atoms with E-state index in [1.54, 1.807) is 6.20 Å². The van der Waals surface area contributed by atoms with Gasteiger partial charge in [-0.1, -0.05) is 29.8 Å². The Hall–Kier alpha value is -1.92. The van der Waals surface area contributed by atoms with Gasteiger partial charge in [0.05, 0.1) is 16.8 Å². The molecule has 0 amide bonds. The minimum Gasteiger partial charge on any atom is -0.439 e. The largest absolute Gasteiger partial charge is 0.439 e. The molecule has 0 N–H and O–H groups in total. The smallest absolute Gasteiger partial charge is 0.210 e. The van der Waals surface area contributed by atoms with E-state index in [4.69, 9.17) is 4.42 Å². The van der Waals surface area contributed by atoms with Crippen LogP contribution in [0.25, 0.3) is 10.6 Å². The van der Waals surface area contributed by atoms with Gasteiger partial charge >= 0.3 is 0 Å². The van der Waals surface area contributed by atoms with Gasteiger partial charge in [0.15, 0.2) is 15.6 Å².